The molecule has 0 saturated carbocycles. The van der Waals surface area contributed by atoms with Gasteiger partial charge >= 0.3 is 0 Å². The fourth-order valence-corrected chi connectivity index (χ4v) is 5.37. The van der Waals surface area contributed by atoms with Gasteiger partial charge in [0.05, 0.1) is 12.0 Å². The van der Waals surface area contributed by atoms with Crippen LogP contribution in [0.25, 0.3) is 10.9 Å². The van der Waals surface area contributed by atoms with Crippen molar-refractivity contribution in [3.8, 4) is 5.75 Å². The second kappa shape index (κ2) is 6.14. The van der Waals surface area contributed by atoms with Crippen LogP contribution in [0, 0.1) is 6.92 Å². The zero-order valence-electron chi connectivity index (χ0n) is 15.2. The molecule has 6 heteroatoms. The number of methoxy groups -OCH3 is 1. The number of benzene rings is 2. The van der Waals surface area contributed by atoms with Crippen molar-refractivity contribution in [1.29, 1.82) is 0 Å². The molecule has 0 N–H and O–H groups in total. The van der Waals surface area contributed by atoms with E-state index in [0.29, 0.717) is 23.7 Å². The van der Waals surface area contributed by atoms with Crippen LogP contribution in [0.3, 0.4) is 0 Å². The summed E-state index contributed by atoms with van der Waals surface area (Å²) in [5.41, 5.74) is 4.31. The molecule has 0 spiro atoms. The molecule has 0 atom stereocenters. The Balaban J connectivity index is 1.74. The summed E-state index contributed by atoms with van der Waals surface area (Å²) >= 11 is 0. The normalized spacial score (nSPS) is 15.2. The van der Waals surface area contributed by atoms with E-state index in [2.05, 4.69) is 23.7 Å². The zero-order valence-corrected chi connectivity index (χ0v) is 16.0. The first-order valence-electron chi connectivity index (χ1n) is 8.63. The Kier molecular flexibility index (Phi) is 4.04. The van der Waals surface area contributed by atoms with Crippen molar-refractivity contribution in [2.24, 2.45) is 7.05 Å². The molecule has 0 unspecified atom stereocenters. The molecule has 0 saturated heterocycles. The maximum absolute atomic E-state index is 13.2. The summed E-state index contributed by atoms with van der Waals surface area (Å²) in [6, 6.07) is 13.2. The highest BCUT2D eigenvalue weighted by Crippen LogP contribution is 2.33. The summed E-state index contributed by atoms with van der Waals surface area (Å²) in [5.74, 6) is 0.693. The molecule has 1 aliphatic heterocycles. The van der Waals surface area contributed by atoms with Crippen molar-refractivity contribution in [3.63, 3.8) is 0 Å². The van der Waals surface area contributed by atoms with E-state index in [1.54, 1.807) is 29.6 Å². The zero-order chi connectivity index (χ0) is 18.5. The van der Waals surface area contributed by atoms with Gasteiger partial charge in [-0.3, -0.25) is 0 Å². The number of hydrogen-bond donors (Lipinski definition) is 0. The van der Waals surface area contributed by atoms with Gasteiger partial charge in [-0.25, -0.2) is 8.42 Å². The first-order valence-corrected chi connectivity index (χ1v) is 10.1. The van der Waals surface area contributed by atoms with Gasteiger partial charge in [-0.05, 0) is 42.3 Å². The van der Waals surface area contributed by atoms with E-state index in [-0.39, 0.29) is 0 Å². The lowest BCUT2D eigenvalue weighted by molar-refractivity contribution is 0.387. The minimum atomic E-state index is -3.54. The van der Waals surface area contributed by atoms with Gasteiger partial charge < -0.3 is 9.30 Å². The van der Waals surface area contributed by atoms with E-state index < -0.39 is 10.0 Å². The molecular weight excluding hydrogens is 348 g/mol. The van der Waals surface area contributed by atoms with Crippen LogP contribution in [0.1, 0.15) is 16.8 Å². The highest BCUT2D eigenvalue weighted by atomic mass is 32.2. The Morgan fingerprint density at radius 3 is 2.62 bits per heavy atom. The van der Waals surface area contributed by atoms with E-state index in [1.807, 2.05) is 19.1 Å². The molecule has 3 aromatic rings. The number of para-hydroxylation sites is 1. The number of ether oxygens (including phenoxy) is 1. The highest BCUT2D eigenvalue weighted by Gasteiger charge is 2.31. The van der Waals surface area contributed by atoms with Crippen LogP contribution < -0.4 is 4.74 Å². The second-order valence-electron chi connectivity index (χ2n) is 6.72. The van der Waals surface area contributed by atoms with E-state index >= 15 is 0 Å². The lowest BCUT2D eigenvalue weighted by atomic mass is 10.1. The monoisotopic (exact) mass is 370 g/mol. The first kappa shape index (κ1) is 17.1. The Morgan fingerprint density at radius 2 is 1.88 bits per heavy atom. The van der Waals surface area contributed by atoms with Crippen LogP contribution in [0.4, 0.5) is 0 Å². The van der Waals surface area contributed by atoms with E-state index in [9.17, 15) is 8.42 Å². The van der Waals surface area contributed by atoms with Crippen molar-refractivity contribution in [3.05, 3.63) is 59.3 Å². The predicted molar refractivity (Wildman–Crippen MR) is 102 cm³/mol. The van der Waals surface area contributed by atoms with Gasteiger partial charge in [0, 0.05) is 43.2 Å². The van der Waals surface area contributed by atoms with Crippen LogP contribution in [-0.4, -0.2) is 30.9 Å². The first-order chi connectivity index (χ1) is 12.4. The number of aryl methyl sites for hydroxylation is 2. The van der Waals surface area contributed by atoms with Crippen molar-refractivity contribution >= 4 is 20.9 Å². The van der Waals surface area contributed by atoms with Crippen molar-refractivity contribution in [2.75, 3.05) is 13.7 Å². The second-order valence-corrected chi connectivity index (χ2v) is 8.66. The number of nitrogens with zero attached hydrogens (tertiary/aromatic N) is 2. The molecule has 0 fully saturated rings. The molecule has 0 radical (unpaired) electrons. The molecule has 5 nitrogen and oxygen atoms in total. The van der Waals surface area contributed by atoms with Crippen LogP contribution in [0.5, 0.6) is 5.75 Å². The fourth-order valence-electron chi connectivity index (χ4n) is 3.87. The number of rotatable bonds is 3. The number of hydrogen-bond acceptors (Lipinski definition) is 3. The van der Waals surface area contributed by atoms with Crippen molar-refractivity contribution in [2.45, 2.75) is 24.8 Å². The van der Waals surface area contributed by atoms with E-state index in [4.69, 9.17) is 4.74 Å². The molecule has 26 heavy (non-hydrogen) atoms. The minimum absolute atomic E-state index is 0.319. The average Bonchev–Trinajstić information content (AvgIpc) is 2.94. The van der Waals surface area contributed by atoms with Crippen LogP contribution in [-0.2, 0) is 30.0 Å². The Morgan fingerprint density at radius 1 is 1.12 bits per heavy atom. The molecule has 1 aliphatic rings. The lowest BCUT2D eigenvalue weighted by Gasteiger charge is -2.27. The Labute approximate surface area is 153 Å². The molecule has 2 heterocycles. The molecule has 1 aromatic heterocycles. The third-order valence-electron chi connectivity index (χ3n) is 5.28. The SMILES string of the molecule is COc1ccc(S(=O)(=O)N2CCc3c(c4ccccc4n3C)C2)cc1C. The molecule has 2 aromatic carbocycles. The third-order valence-corrected chi connectivity index (χ3v) is 7.12. The number of fused-ring (bicyclic) bond motifs is 3. The van der Waals surface area contributed by atoms with Crippen LogP contribution in [0.2, 0.25) is 0 Å². The molecule has 0 bridgehead atoms. The van der Waals surface area contributed by atoms with Gasteiger partial charge in [0.1, 0.15) is 5.75 Å². The third kappa shape index (κ3) is 2.52. The largest absolute Gasteiger partial charge is 0.496 e. The van der Waals surface area contributed by atoms with Crippen LogP contribution >= 0.6 is 0 Å². The smallest absolute Gasteiger partial charge is 0.243 e. The molecule has 0 aliphatic carbocycles. The van der Waals surface area contributed by atoms with Gasteiger partial charge in [-0.2, -0.15) is 4.31 Å². The highest BCUT2D eigenvalue weighted by molar-refractivity contribution is 7.89. The molecule has 136 valence electrons. The molecule has 4 rings (SSSR count). The standard InChI is InChI=1S/C20H22N2O3S/c1-14-12-15(8-9-20(14)25-3)26(23,24)22-11-10-19-17(13-22)16-6-4-5-7-18(16)21(19)2/h4-9,12H,10-11,13H2,1-3H3. The van der Waals surface area contributed by atoms with Gasteiger partial charge in [-0.15, -0.1) is 0 Å². The van der Waals surface area contributed by atoms with E-state index in [0.717, 1.165) is 28.5 Å². The quantitative estimate of drug-likeness (QED) is 0.711. The van der Waals surface area contributed by atoms with Gasteiger partial charge in [0.2, 0.25) is 10.0 Å². The topological polar surface area (TPSA) is 51.5 Å². The predicted octanol–water partition coefficient (Wildman–Crippen LogP) is 3.24. The number of aromatic nitrogens is 1. The maximum atomic E-state index is 13.2. The molecule has 0 amide bonds. The number of sulfonamides is 1. The summed E-state index contributed by atoms with van der Waals surface area (Å²) < 4.78 is 35.4. The summed E-state index contributed by atoms with van der Waals surface area (Å²) in [6.07, 6.45) is 0.717. The summed E-state index contributed by atoms with van der Waals surface area (Å²) in [6.45, 7) is 2.76. The summed E-state index contributed by atoms with van der Waals surface area (Å²) in [5, 5.41) is 1.14. The maximum Gasteiger partial charge on any atom is 0.243 e. The van der Waals surface area contributed by atoms with Crippen molar-refractivity contribution in [1.82, 2.24) is 8.87 Å². The van der Waals surface area contributed by atoms with Gasteiger partial charge in [-0.1, -0.05) is 18.2 Å². The summed E-state index contributed by atoms with van der Waals surface area (Å²) in [4.78, 5) is 0.319. The van der Waals surface area contributed by atoms with Gasteiger partial charge in [0.15, 0.2) is 0 Å². The Bertz CT molecular complexity index is 1100. The lowest BCUT2D eigenvalue weighted by Crippen LogP contribution is -2.36. The molecular formula is C20H22N2O3S. The fraction of sp³-hybridized carbons (Fsp3) is 0.300. The van der Waals surface area contributed by atoms with E-state index in [1.165, 1.54) is 5.69 Å². The average molecular weight is 370 g/mol. The summed E-state index contributed by atoms with van der Waals surface area (Å²) in [7, 11) is 0.0971. The minimum Gasteiger partial charge on any atom is -0.496 e. The van der Waals surface area contributed by atoms with Crippen LogP contribution in [0.15, 0.2) is 47.4 Å². The van der Waals surface area contributed by atoms with Crippen molar-refractivity contribution < 1.29 is 13.2 Å². The van der Waals surface area contributed by atoms with Gasteiger partial charge in [0.25, 0.3) is 0 Å². The Hall–Kier alpha value is -2.31.